The molecule has 1 N–H and O–H groups in total. The maximum atomic E-state index is 12.9. The number of benzene rings is 1. The lowest BCUT2D eigenvalue weighted by Crippen LogP contribution is -2.42. The van der Waals surface area contributed by atoms with Gasteiger partial charge < -0.3 is 15.0 Å². The number of amides is 2. The zero-order valence-electron chi connectivity index (χ0n) is 17.7. The first-order valence-electron chi connectivity index (χ1n) is 10.6. The van der Waals surface area contributed by atoms with Crippen molar-refractivity contribution in [2.75, 3.05) is 20.3 Å². The van der Waals surface area contributed by atoms with E-state index in [-0.39, 0.29) is 23.9 Å². The molecule has 29 heavy (non-hydrogen) atoms. The Hall–Kier alpha value is -1.92. The molecule has 1 aromatic heterocycles. The fraction of sp³-hybridized carbons (Fsp3) is 0.565. The summed E-state index contributed by atoms with van der Waals surface area (Å²) in [6.07, 6.45) is 5.43. The van der Waals surface area contributed by atoms with Crippen molar-refractivity contribution in [3.8, 4) is 0 Å². The number of carbonyl (C=O) groups excluding carboxylic acids is 2. The minimum Gasteiger partial charge on any atom is -0.384 e. The lowest BCUT2D eigenvalue weighted by atomic mass is 9.97. The molecule has 2 heterocycles. The van der Waals surface area contributed by atoms with Gasteiger partial charge in [-0.3, -0.25) is 9.59 Å². The highest BCUT2D eigenvalue weighted by atomic mass is 32.1. The van der Waals surface area contributed by atoms with Crippen LogP contribution in [0.25, 0.3) is 10.1 Å². The Balaban J connectivity index is 1.93. The molecule has 1 aromatic carbocycles. The molecule has 1 fully saturated rings. The summed E-state index contributed by atoms with van der Waals surface area (Å²) in [5.41, 5.74) is 1.08. The molecular formula is C23H32N2O3S. The summed E-state index contributed by atoms with van der Waals surface area (Å²) in [5, 5.41) is 4.19. The third-order valence-corrected chi connectivity index (χ3v) is 6.69. The second-order valence-corrected chi connectivity index (χ2v) is 9.12. The van der Waals surface area contributed by atoms with Crippen molar-refractivity contribution in [2.45, 2.75) is 64.5 Å². The Morgan fingerprint density at radius 1 is 1.24 bits per heavy atom. The molecule has 2 aromatic rings. The van der Waals surface area contributed by atoms with Crippen LogP contribution in [0.5, 0.6) is 0 Å². The maximum absolute atomic E-state index is 12.9. The molecule has 6 heteroatoms. The van der Waals surface area contributed by atoms with Crippen LogP contribution in [-0.2, 0) is 16.0 Å². The Kier molecular flexibility index (Phi) is 7.67. The average Bonchev–Trinajstić information content (AvgIpc) is 2.89. The minimum absolute atomic E-state index is 0.0120. The molecule has 0 spiro atoms. The van der Waals surface area contributed by atoms with Gasteiger partial charge in [-0.1, -0.05) is 31.0 Å². The number of hydrogen-bond acceptors (Lipinski definition) is 4. The van der Waals surface area contributed by atoms with Gasteiger partial charge in [0.2, 0.25) is 5.91 Å². The van der Waals surface area contributed by atoms with E-state index in [0.717, 1.165) is 59.2 Å². The van der Waals surface area contributed by atoms with Gasteiger partial charge in [0.25, 0.3) is 5.91 Å². The fourth-order valence-corrected chi connectivity index (χ4v) is 5.23. The van der Waals surface area contributed by atoms with E-state index >= 15 is 0 Å². The van der Waals surface area contributed by atoms with E-state index in [2.05, 4.69) is 17.4 Å². The number of methoxy groups -OCH3 is 1. The van der Waals surface area contributed by atoms with Crippen LogP contribution in [0.1, 0.15) is 61.2 Å². The molecule has 3 rings (SSSR count). The highest BCUT2D eigenvalue weighted by Gasteiger charge is 2.28. The number of fused-ring (bicyclic) bond motifs is 1. The molecule has 2 amide bonds. The number of nitrogens with zero attached hydrogens (tertiary/aromatic N) is 1. The topological polar surface area (TPSA) is 58.6 Å². The Labute approximate surface area is 177 Å². The first-order valence-corrected chi connectivity index (χ1v) is 11.4. The van der Waals surface area contributed by atoms with Crippen molar-refractivity contribution in [3.63, 3.8) is 0 Å². The Bertz CT molecular complexity index is 846. The molecule has 1 atom stereocenters. The summed E-state index contributed by atoms with van der Waals surface area (Å²) in [6, 6.07) is 8.43. The number of rotatable bonds is 7. The molecule has 5 nitrogen and oxygen atoms in total. The quantitative estimate of drug-likeness (QED) is 0.728. The average molecular weight is 417 g/mol. The van der Waals surface area contributed by atoms with Crippen LogP contribution in [0.15, 0.2) is 24.3 Å². The van der Waals surface area contributed by atoms with Crippen molar-refractivity contribution >= 4 is 33.2 Å². The molecule has 1 saturated heterocycles. The number of ether oxygens (including phenoxy) is 1. The first-order chi connectivity index (χ1) is 14.0. The van der Waals surface area contributed by atoms with Gasteiger partial charge in [0.1, 0.15) is 0 Å². The van der Waals surface area contributed by atoms with Crippen LogP contribution in [-0.4, -0.2) is 49.1 Å². The van der Waals surface area contributed by atoms with Gasteiger partial charge in [0.15, 0.2) is 0 Å². The summed E-state index contributed by atoms with van der Waals surface area (Å²) >= 11 is 1.56. The van der Waals surface area contributed by atoms with E-state index in [9.17, 15) is 9.59 Å². The number of hydrogen-bond donors (Lipinski definition) is 1. The molecule has 1 aliphatic rings. The van der Waals surface area contributed by atoms with Gasteiger partial charge in [0.05, 0.1) is 17.9 Å². The highest BCUT2D eigenvalue weighted by Crippen LogP contribution is 2.34. The second-order valence-electron chi connectivity index (χ2n) is 8.07. The molecular weight excluding hydrogens is 384 g/mol. The van der Waals surface area contributed by atoms with Crippen LogP contribution in [0.4, 0.5) is 0 Å². The monoisotopic (exact) mass is 416 g/mol. The number of carbonyl (C=O) groups is 2. The van der Waals surface area contributed by atoms with E-state index in [1.807, 2.05) is 30.9 Å². The van der Waals surface area contributed by atoms with Crippen LogP contribution >= 0.6 is 11.3 Å². The normalized spacial score (nSPS) is 17.5. The summed E-state index contributed by atoms with van der Waals surface area (Å²) in [6.45, 7) is 5.20. The molecule has 0 bridgehead atoms. The largest absolute Gasteiger partial charge is 0.384 e. The van der Waals surface area contributed by atoms with Crippen LogP contribution in [0.3, 0.4) is 0 Å². The van der Waals surface area contributed by atoms with Crippen LogP contribution in [0.2, 0.25) is 0 Å². The summed E-state index contributed by atoms with van der Waals surface area (Å²) in [5.74, 6) is 0.147. The van der Waals surface area contributed by atoms with Gasteiger partial charge in [-0.25, -0.2) is 0 Å². The highest BCUT2D eigenvalue weighted by molar-refractivity contribution is 7.21. The molecule has 1 aliphatic heterocycles. The van der Waals surface area contributed by atoms with Crippen LogP contribution < -0.4 is 5.32 Å². The zero-order chi connectivity index (χ0) is 20.8. The standard InChI is InChI=1S/C23H32N2O3S/c1-16(2)24-23(27)22-19(18-10-6-7-11-20(18)29-22)15-17-9-5-4-8-13-25(17)21(26)12-14-28-3/h6-7,10-11,16-17H,4-5,8-9,12-15H2,1-3H3,(H,24,27)/t17-/m1/s1. The fourth-order valence-electron chi connectivity index (χ4n) is 4.10. The molecule has 158 valence electrons. The minimum atomic E-state index is -0.0120. The molecule has 0 radical (unpaired) electrons. The van der Waals surface area contributed by atoms with Crippen molar-refractivity contribution in [1.29, 1.82) is 0 Å². The van der Waals surface area contributed by atoms with Gasteiger partial charge in [-0.15, -0.1) is 11.3 Å². The number of nitrogens with one attached hydrogen (secondary N) is 1. The zero-order valence-corrected chi connectivity index (χ0v) is 18.5. The summed E-state index contributed by atoms with van der Waals surface area (Å²) in [7, 11) is 1.63. The molecule has 0 unspecified atom stereocenters. The van der Waals surface area contributed by atoms with Crippen LogP contribution in [0, 0.1) is 0 Å². The summed E-state index contributed by atoms with van der Waals surface area (Å²) in [4.78, 5) is 28.6. The lowest BCUT2D eigenvalue weighted by Gasteiger charge is -2.30. The van der Waals surface area contributed by atoms with E-state index in [4.69, 9.17) is 4.74 Å². The Morgan fingerprint density at radius 3 is 2.79 bits per heavy atom. The number of likely N-dealkylation sites (tertiary alicyclic amines) is 1. The Morgan fingerprint density at radius 2 is 2.03 bits per heavy atom. The van der Waals surface area contributed by atoms with Gasteiger partial charge in [-0.05, 0) is 50.1 Å². The van der Waals surface area contributed by atoms with Crippen molar-refractivity contribution in [1.82, 2.24) is 10.2 Å². The number of thiophene rings is 1. The predicted octanol–water partition coefficient (Wildman–Crippen LogP) is 4.39. The van der Waals surface area contributed by atoms with Gasteiger partial charge >= 0.3 is 0 Å². The van der Waals surface area contributed by atoms with E-state index < -0.39 is 0 Å². The predicted molar refractivity (Wildman–Crippen MR) is 119 cm³/mol. The van der Waals surface area contributed by atoms with Gasteiger partial charge in [0, 0.05) is 30.4 Å². The van der Waals surface area contributed by atoms with E-state index in [1.165, 1.54) is 0 Å². The molecule has 0 saturated carbocycles. The lowest BCUT2D eigenvalue weighted by molar-refractivity contribution is -0.134. The van der Waals surface area contributed by atoms with Crippen molar-refractivity contribution < 1.29 is 14.3 Å². The van der Waals surface area contributed by atoms with Crippen molar-refractivity contribution in [2.24, 2.45) is 0 Å². The SMILES string of the molecule is COCCC(=O)N1CCCCC[C@@H]1Cc1c(C(=O)NC(C)C)sc2ccccc12. The smallest absolute Gasteiger partial charge is 0.261 e. The summed E-state index contributed by atoms with van der Waals surface area (Å²) < 4.78 is 6.25. The van der Waals surface area contributed by atoms with E-state index in [1.54, 1.807) is 18.4 Å². The van der Waals surface area contributed by atoms with E-state index in [0.29, 0.717) is 13.0 Å². The second kappa shape index (κ2) is 10.2. The third kappa shape index (κ3) is 5.37. The maximum Gasteiger partial charge on any atom is 0.261 e. The van der Waals surface area contributed by atoms with Crippen molar-refractivity contribution in [3.05, 3.63) is 34.7 Å². The van der Waals surface area contributed by atoms with Gasteiger partial charge in [-0.2, -0.15) is 0 Å². The molecule has 0 aliphatic carbocycles. The first kappa shape index (κ1) is 21.8. The third-order valence-electron chi connectivity index (χ3n) is 5.48.